The Bertz CT molecular complexity index is 3110. The first-order valence-corrected chi connectivity index (χ1v) is 11.4. The van der Waals surface area contributed by atoms with Crippen molar-refractivity contribution in [2.75, 3.05) is 0 Å². The van der Waals surface area contributed by atoms with Crippen LogP contribution in [-0.4, -0.2) is 9.13 Å². The molecule has 178 valence electrons. The van der Waals surface area contributed by atoms with Crippen LogP contribution in [0.1, 0.15) is 27.4 Å². The molecule has 0 atom stereocenters. The number of benzene rings is 6. The largest absolute Gasteiger partial charge is 0.307 e. The first-order valence-electron chi connectivity index (χ1n) is 21.4. The van der Waals surface area contributed by atoms with E-state index in [0.717, 1.165) is 4.57 Å². The van der Waals surface area contributed by atoms with Crippen molar-refractivity contribution in [3.05, 3.63) is 145 Å². The zero-order chi connectivity index (χ0) is 42.5. The van der Waals surface area contributed by atoms with E-state index in [1.807, 2.05) is 0 Å². The Morgan fingerprint density at radius 2 is 0.895 bits per heavy atom. The van der Waals surface area contributed by atoms with Crippen molar-refractivity contribution in [2.24, 2.45) is 0 Å². The van der Waals surface area contributed by atoms with Crippen molar-refractivity contribution in [2.45, 2.75) is 0 Å². The minimum Gasteiger partial charge on any atom is -0.307 e. The predicted octanol–water partition coefficient (Wildman–Crippen LogP) is 9.55. The fourth-order valence-electron chi connectivity index (χ4n) is 4.79. The number of hydrogen-bond acceptors (Lipinski definition) is 0. The Hall–Kier alpha value is -5.08. The quantitative estimate of drug-likeness (QED) is 0.227. The second-order valence-electron chi connectivity index (χ2n) is 8.34. The normalized spacial score (nSPS) is 19.1. The third-order valence-electron chi connectivity index (χ3n) is 6.36. The third kappa shape index (κ3) is 3.01. The monoisotopic (exact) mass is 504 g/mol. The van der Waals surface area contributed by atoms with Crippen LogP contribution in [0, 0.1) is 0 Å². The first-order chi connectivity index (χ1) is 27.2. The van der Waals surface area contributed by atoms with E-state index < -0.39 is 138 Å². The van der Waals surface area contributed by atoms with E-state index in [2.05, 4.69) is 0 Å². The molecule has 2 aromatic heterocycles. The molecular weight excluding hydrogens is 460 g/mol. The molecule has 8 aromatic rings. The second-order valence-corrected chi connectivity index (χ2v) is 8.34. The lowest BCUT2D eigenvalue weighted by molar-refractivity contribution is 1.13. The summed E-state index contributed by atoms with van der Waals surface area (Å²) >= 11 is 0. The maximum Gasteiger partial charge on any atom is 0.0782 e. The van der Waals surface area contributed by atoms with Gasteiger partial charge in [0.2, 0.25) is 0 Å². The maximum atomic E-state index is 9.37. The van der Waals surface area contributed by atoms with Gasteiger partial charge in [0, 0.05) is 27.2 Å². The molecule has 0 unspecified atom stereocenters. The molecule has 0 aliphatic carbocycles. The molecule has 2 heterocycles. The molecule has 0 saturated carbocycles. The Balaban J connectivity index is 1.66. The molecule has 0 amide bonds. The van der Waals surface area contributed by atoms with Gasteiger partial charge in [0.1, 0.15) is 0 Å². The van der Waals surface area contributed by atoms with Gasteiger partial charge in [-0.3, -0.25) is 0 Å². The molecule has 0 spiro atoms. The van der Waals surface area contributed by atoms with Crippen molar-refractivity contribution < 1.29 is 27.4 Å². The number of nitrogens with zero attached hydrogens (tertiary/aromatic N) is 2. The minimum atomic E-state index is -0.776. The molecule has 0 fully saturated rings. The van der Waals surface area contributed by atoms with Gasteiger partial charge in [-0.2, -0.15) is 0 Å². The van der Waals surface area contributed by atoms with Crippen molar-refractivity contribution in [1.29, 1.82) is 0 Å². The molecule has 0 aliphatic heterocycles. The van der Waals surface area contributed by atoms with Crippen LogP contribution in [0.5, 0.6) is 0 Å². The summed E-state index contributed by atoms with van der Waals surface area (Å²) in [7, 11) is 0. The Morgan fingerprint density at radius 3 is 1.53 bits per heavy atom. The van der Waals surface area contributed by atoms with E-state index in [1.54, 1.807) is 0 Å². The Morgan fingerprint density at radius 1 is 0.395 bits per heavy atom. The molecule has 2 heteroatoms. The number of para-hydroxylation sites is 4. The van der Waals surface area contributed by atoms with Crippen LogP contribution in [0.25, 0.3) is 66.1 Å². The van der Waals surface area contributed by atoms with E-state index in [1.165, 1.54) is 28.8 Å². The Labute approximate surface area is 248 Å². The first kappa shape index (κ1) is 9.34. The van der Waals surface area contributed by atoms with E-state index >= 15 is 0 Å². The van der Waals surface area contributed by atoms with Crippen LogP contribution in [0.2, 0.25) is 0 Å². The lowest BCUT2D eigenvalue weighted by Gasteiger charge is -2.14. The SMILES string of the molecule is [2H]c1c([2H])c([2H])c(-c2ccc(-n3c4c([2H])c([2H])c([2H])c([2H])c4c4c([2H])c([2H])c([2H])c(-n5c6c([2H])c([2H])c([2H])c([2H])c6c6c([2H])c([2H])c([2H])c([2H])c65)c43)cc2)c([2H])c1[2H]. The number of rotatable bonds is 3. The van der Waals surface area contributed by atoms with Crippen molar-refractivity contribution in [3.63, 3.8) is 0 Å². The van der Waals surface area contributed by atoms with Gasteiger partial charge in [0.25, 0.3) is 0 Å². The summed E-state index contributed by atoms with van der Waals surface area (Å²) in [5, 5.41) is -1.22. The van der Waals surface area contributed by atoms with Crippen molar-refractivity contribution in [1.82, 2.24) is 9.13 Å². The molecular formula is C36H24N2. The van der Waals surface area contributed by atoms with Gasteiger partial charge in [-0.05, 0) is 47.4 Å². The van der Waals surface area contributed by atoms with E-state index in [9.17, 15) is 1.37 Å². The number of fused-ring (bicyclic) bond motifs is 6. The standard InChI is InChI=1S/C36H24N2/c1-2-11-25(12-3-1)26-21-23-27(24-22-26)37-32-17-7-6-15-30(32)31-16-10-20-35(36(31)37)38-33-18-8-4-13-28(33)29-14-5-9-19-34(29)38/h1-24H/i1D,2D,3D,4D,5D,6D,7D,8D,9D,10D,11D,12D,13D,14D,15D,16D,17D,18D,19D,20D. The molecule has 0 saturated heterocycles. The fourth-order valence-corrected chi connectivity index (χ4v) is 4.79. The smallest absolute Gasteiger partial charge is 0.0782 e. The average molecular weight is 505 g/mol. The summed E-state index contributed by atoms with van der Waals surface area (Å²) in [6.07, 6.45) is 0. The molecule has 8 rings (SSSR count). The fraction of sp³-hybridized carbons (Fsp3) is 0. The van der Waals surface area contributed by atoms with Gasteiger partial charge in [-0.15, -0.1) is 0 Å². The highest BCUT2D eigenvalue weighted by molar-refractivity contribution is 6.15. The lowest BCUT2D eigenvalue weighted by atomic mass is 10.1. The molecule has 2 nitrogen and oxygen atoms in total. The molecule has 0 aliphatic rings. The highest BCUT2D eigenvalue weighted by Gasteiger charge is 2.19. The summed E-state index contributed by atoms with van der Waals surface area (Å²) < 4.78 is 176. The van der Waals surface area contributed by atoms with Gasteiger partial charge in [-0.1, -0.05) is 109 Å². The third-order valence-corrected chi connectivity index (χ3v) is 6.36. The summed E-state index contributed by atoms with van der Waals surface area (Å²) in [5.41, 5.74) is -1.69. The van der Waals surface area contributed by atoms with Gasteiger partial charge < -0.3 is 9.13 Å². The second kappa shape index (κ2) is 8.22. The molecule has 38 heavy (non-hydrogen) atoms. The van der Waals surface area contributed by atoms with Gasteiger partial charge in [0.05, 0.1) is 55.2 Å². The highest BCUT2D eigenvalue weighted by Crippen LogP contribution is 2.39. The number of hydrogen-bond donors (Lipinski definition) is 0. The van der Waals surface area contributed by atoms with Crippen LogP contribution in [0.4, 0.5) is 0 Å². The zero-order valence-corrected chi connectivity index (χ0v) is 19.2. The van der Waals surface area contributed by atoms with Gasteiger partial charge >= 0.3 is 0 Å². The van der Waals surface area contributed by atoms with Crippen molar-refractivity contribution in [3.8, 4) is 22.5 Å². The van der Waals surface area contributed by atoms with Crippen LogP contribution < -0.4 is 0 Å². The summed E-state index contributed by atoms with van der Waals surface area (Å²) in [6.45, 7) is 0. The topological polar surface area (TPSA) is 9.86 Å². The summed E-state index contributed by atoms with van der Waals surface area (Å²) in [4.78, 5) is 0. The van der Waals surface area contributed by atoms with Crippen molar-refractivity contribution >= 4 is 43.6 Å². The van der Waals surface area contributed by atoms with Gasteiger partial charge in [0.15, 0.2) is 0 Å². The molecule has 6 aromatic carbocycles. The predicted molar refractivity (Wildman–Crippen MR) is 161 cm³/mol. The van der Waals surface area contributed by atoms with Crippen LogP contribution in [-0.2, 0) is 0 Å². The average Bonchev–Trinajstić information content (AvgIpc) is 3.75. The zero-order valence-electron chi connectivity index (χ0n) is 39.2. The van der Waals surface area contributed by atoms with Gasteiger partial charge in [-0.25, -0.2) is 0 Å². The van der Waals surface area contributed by atoms with E-state index in [0.29, 0.717) is 0 Å². The Kier molecular flexibility index (Phi) is 2.02. The molecule has 0 N–H and O–H groups in total. The maximum absolute atomic E-state index is 9.37. The molecule has 0 radical (unpaired) electrons. The minimum absolute atomic E-state index is 0.0727. The van der Waals surface area contributed by atoms with E-state index in [-0.39, 0.29) is 49.4 Å². The van der Waals surface area contributed by atoms with E-state index in [4.69, 9.17) is 26.0 Å². The number of aromatic nitrogens is 2. The highest BCUT2D eigenvalue weighted by atomic mass is 15.1. The summed E-state index contributed by atoms with van der Waals surface area (Å²) in [5.74, 6) is 0. The molecule has 0 bridgehead atoms. The van der Waals surface area contributed by atoms with Crippen LogP contribution in [0.15, 0.2) is 145 Å². The summed E-state index contributed by atoms with van der Waals surface area (Å²) in [6, 6.07) is -7.73. The van der Waals surface area contributed by atoms with Crippen LogP contribution >= 0.6 is 0 Å². The lowest BCUT2D eigenvalue weighted by Crippen LogP contribution is -2.00. The van der Waals surface area contributed by atoms with Crippen LogP contribution in [0.3, 0.4) is 0 Å².